The number of hydrogen-bond donors (Lipinski definition) is 1. The van der Waals surface area contributed by atoms with E-state index in [1.165, 1.54) is 24.1 Å². The number of hydrogen-bond acceptors (Lipinski definition) is 3. The number of likely N-dealkylation sites (tertiary alicyclic amines) is 1. The summed E-state index contributed by atoms with van der Waals surface area (Å²) in [5.74, 6) is 0. The van der Waals surface area contributed by atoms with Crippen LogP contribution in [0.15, 0.2) is 54.9 Å². The van der Waals surface area contributed by atoms with Crippen molar-refractivity contribution in [1.82, 2.24) is 15.2 Å². The molecule has 3 heteroatoms. The normalized spacial score (nSPS) is 19.0. The van der Waals surface area contributed by atoms with Crippen LogP contribution in [0, 0.1) is 0 Å². The minimum atomic E-state index is 0.635. The zero-order valence-corrected chi connectivity index (χ0v) is 12.4. The third kappa shape index (κ3) is 4.38. The molecule has 0 spiro atoms. The molecular formula is C18H23N3. The van der Waals surface area contributed by atoms with Crippen LogP contribution in [0.2, 0.25) is 0 Å². The zero-order valence-electron chi connectivity index (χ0n) is 12.4. The first kappa shape index (κ1) is 14.2. The number of nitrogens with one attached hydrogen (secondary N) is 1. The summed E-state index contributed by atoms with van der Waals surface area (Å²) in [4.78, 5) is 6.59. The van der Waals surface area contributed by atoms with Gasteiger partial charge < -0.3 is 5.32 Å². The number of pyridine rings is 1. The molecule has 0 saturated carbocycles. The molecule has 0 bridgehead atoms. The van der Waals surface area contributed by atoms with E-state index in [0.29, 0.717) is 6.04 Å². The second-order valence-electron chi connectivity index (χ2n) is 5.77. The Kier molecular flexibility index (Phi) is 4.98. The van der Waals surface area contributed by atoms with Crippen molar-refractivity contribution < 1.29 is 0 Å². The predicted octanol–water partition coefficient (Wildman–Crippen LogP) is 2.49. The third-order valence-electron chi connectivity index (χ3n) is 4.12. The van der Waals surface area contributed by atoms with Crippen molar-refractivity contribution >= 4 is 0 Å². The van der Waals surface area contributed by atoms with Gasteiger partial charge in [0.2, 0.25) is 0 Å². The predicted molar refractivity (Wildman–Crippen MR) is 86.1 cm³/mol. The first-order valence-electron chi connectivity index (χ1n) is 7.79. The number of aromatic nitrogens is 1. The number of nitrogens with zero attached hydrogens (tertiary/aromatic N) is 2. The lowest BCUT2D eigenvalue weighted by atomic mass is 10.2. The van der Waals surface area contributed by atoms with E-state index in [-0.39, 0.29) is 0 Å². The van der Waals surface area contributed by atoms with Crippen LogP contribution in [0.1, 0.15) is 17.5 Å². The van der Waals surface area contributed by atoms with Crippen LogP contribution in [0.25, 0.3) is 0 Å². The molecule has 1 unspecified atom stereocenters. The highest BCUT2D eigenvalue weighted by Crippen LogP contribution is 2.13. The average Bonchev–Trinajstić information content (AvgIpc) is 2.97. The fourth-order valence-corrected chi connectivity index (χ4v) is 2.95. The van der Waals surface area contributed by atoms with Gasteiger partial charge in [-0.25, -0.2) is 0 Å². The lowest BCUT2D eigenvalue weighted by Gasteiger charge is -2.16. The molecule has 1 N–H and O–H groups in total. The summed E-state index contributed by atoms with van der Waals surface area (Å²) < 4.78 is 0. The van der Waals surface area contributed by atoms with Crippen LogP contribution in [0.4, 0.5) is 0 Å². The highest BCUT2D eigenvalue weighted by Gasteiger charge is 2.21. The average molecular weight is 281 g/mol. The molecule has 1 aromatic heterocycles. The summed E-state index contributed by atoms with van der Waals surface area (Å²) in [6.07, 6.45) is 6.07. The fourth-order valence-electron chi connectivity index (χ4n) is 2.95. The van der Waals surface area contributed by atoms with E-state index in [2.05, 4.69) is 57.7 Å². The Bertz CT molecular complexity index is 527. The molecule has 21 heavy (non-hydrogen) atoms. The quantitative estimate of drug-likeness (QED) is 0.882. The summed E-state index contributed by atoms with van der Waals surface area (Å²) in [7, 11) is 0. The van der Waals surface area contributed by atoms with Gasteiger partial charge in [0.25, 0.3) is 0 Å². The Labute approximate surface area is 127 Å². The van der Waals surface area contributed by atoms with Crippen LogP contribution in [0.5, 0.6) is 0 Å². The highest BCUT2D eigenvalue weighted by atomic mass is 15.2. The van der Waals surface area contributed by atoms with Crippen molar-refractivity contribution in [3.63, 3.8) is 0 Å². The van der Waals surface area contributed by atoms with Crippen molar-refractivity contribution in [2.75, 3.05) is 19.6 Å². The van der Waals surface area contributed by atoms with Gasteiger partial charge >= 0.3 is 0 Å². The molecule has 0 radical (unpaired) electrons. The Morgan fingerprint density at radius 2 is 1.86 bits per heavy atom. The molecule has 2 heterocycles. The molecule has 1 aromatic carbocycles. The molecule has 0 aliphatic carbocycles. The first-order chi connectivity index (χ1) is 10.4. The monoisotopic (exact) mass is 281 g/mol. The standard InChI is InChI=1S/C18H23N3/c1-2-4-17(5-3-1)14-21-13-9-18(15-21)20-12-8-16-6-10-19-11-7-16/h1-7,10-11,18,20H,8-9,12-15H2. The SMILES string of the molecule is c1ccc(CN2CCC(NCCc3ccncc3)C2)cc1. The van der Waals surface area contributed by atoms with Crippen molar-refractivity contribution in [2.24, 2.45) is 0 Å². The summed E-state index contributed by atoms with van der Waals surface area (Å²) in [6, 6.07) is 15.6. The maximum Gasteiger partial charge on any atom is 0.0270 e. The minimum absolute atomic E-state index is 0.635. The van der Waals surface area contributed by atoms with Gasteiger partial charge in [0.15, 0.2) is 0 Å². The zero-order chi connectivity index (χ0) is 14.3. The largest absolute Gasteiger partial charge is 0.312 e. The van der Waals surface area contributed by atoms with Crippen molar-refractivity contribution in [1.29, 1.82) is 0 Å². The Morgan fingerprint density at radius 1 is 1.05 bits per heavy atom. The van der Waals surface area contributed by atoms with E-state index in [0.717, 1.165) is 26.1 Å². The van der Waals surface area contributed by atoms with E-state index >= 15 is 0 Å². The van der Waals surface area contributed by atoms with Crippen LogP contribution in [-0.2, 0) is 13.0 Å². The molecular weight excluding hydrogens is 258 g/mol. The van der Waals surface area contributed by atoms with E-state index < -0.39 is 0 Å². The second kappa shape index (κ2) is 7.34. The van der Waals surface area contributed by atoms with Crippen LogP contribution in [-0.4, -0.2) is 35.6 Å². The fraction of sp³-hybridized carbons (Fsp3) is 0.389. The van der Waals surface area contributed by atoms with Crippen LogP contribution in [0.3, 0.4) is 0 Å². The smallest absolute Gasteiger partial charge is 0.0270 e. The number of benzene rings is 1. The van der Waals surface area contributed by atoms with E-state index in [4.69, 9.17) is 0 Å². The summed E-state index contributed by atoms with van der Waals surface area (Å²) in [5.41, 5.74) is 2.77. The van der Waals surface area contributed by atoms with Gasteiger partial charge in [0.05, 0.1) is 0 Å². The number of rotatable bonds is 6. The van der Waals surface area contributed by atoms with E-state index in [1.807, 2.05) is 12.4 Å². The van der Waals surface area contributed by atoms with Gasteiger partial charge in [-0.3, -0.25) is 9.88 Å². The molecule has 0 amide bonds. The Balaban J connectivity index is 1.39. The Hall–Kier alpha value is -1.71. The summed E-state index contributed by atoms with van der Waals surface area (Å²) in [5, 5.41) is 3.68. The van der Waals surface area contributed by atoms with Crippen molar-refractivity contribution in [3.8, 4) is 0 Å². The van der Waals surface area contributed by atoms with Crippen molar-refractivity contribution in [3.05, 3.63) is 66.0 Å². The maximum absolute atomic E-state index is 4.05. The Morgan fingerprint density at radius 3 is 2.67 bits per heavy atom. The molecule has 1 fully saturated rings. The van der Waals surface area contributed by atoms with Gasteiger partial charge in [-0.2, -0.15) is 0 Å². The minimum Gasteiger partial charge on any atom is -0.312 e. The van der Waals surface area contributed by atoms with E-state index in [1.54, 1.807) is 0 Å². The summed E-state index contributed by atoms with van der Waals surface area (Å²) in [6.45, 7) is 4.48. The lowest BCUT2D eigenvalue weighted by molar-refractivity contribution is 0.320. The molecule has 1 aliphatic heterocycles. The maximum atomic E-state index is 4.05. The first-order valence-corrected chi connectivity index (χ1v) is 7.79. The highest BCUT2D eigenvalue weighted by molar-refractivity contribution is 5.14. The van der Waals surface area contributed by atoms with E-state index in [9.17, 15) is 0 Å². The molecule has 1 saturated heterocycles. The molecule has 1 aliphatic rings. The van der Waals surface area contributed by atoms with Crippen LogP contribution >= 0.6 is 0 Å². The van der Waals surface area contributed by atoms with Crippen molar-refractivity contribution in [2.45, 2.75) is 25.4 Å². The lowest BCUT2D eigenvalue weighted by Crippen LogP contribution is -2.33. The topological polar surface area (TPSA) is 28.2 Å². The van der Waals surface area contributed by atoms with Crippen LogP contribution < -0.4 is 5.32 Å². The van der Waals surface area contributed by atoms with Gasteiger partial charge in [-0.05, 0) is 42.6 Å². The van der Waals surface area contributed by atoms with Gasteiger partial charge in [-0.15, -0.1) is 0 Å². The van der Waals surface area contributed by atoms with Gasteiger partial charge in [-0.1, -0.05) is 30.3 Å². The van der Waals surface area contributed by atoms with Gasteiger partial charge in [0, 0.05) is 38.1 Å². The molecule has 110 valence electrons. The molecule has 3 rings (SSSR count). The molecule has 2 aromatic rings. The second-order valence-corrected chi connectivity index (χ2v) is 5.77. The molecule has 3 nitrogen and oxygen atoms in total. The molecule has 1 atom stereocenters. The third-order valence-corrected chi connectivity index (χ3v) is 4.12. The summed E-state index contributed by atoms with van der Waals surface area (Å²) >= 11 is 0. The van der Waals surface area contributed by atoms with Gasteiger partial charge in [0.1, 0.15) is 0 Å².